The van der Waals surface area contributed by atoms with E-state index < -0.39 is 33.6 Å². The first-order valence-corrected chi connectivity index (χ1v) is 9.43. The van der Waals surface area contributed by atoms with E-state index in [2.05, 4.69) is 15.5 Å². The maximum Gasteiger partial charge on any atom is 0.244 e. The van der Waals surface area contributed by atoms with Crippen molar-refractivity contribution < 1.29 is 18.3 Å². The number of para-hydroxylation sites is 1. The number of sulfonamides is 1. The number of piperazine rings is 1. The summed E-state index contributed by atoms with van der Waals surface area (Å²) in [5, 5.41) is 13.1. The molecule has 0 aliphatic carbocycles. The van der Waals surface area contributed by atoms with Crippen LogP contribution >= 0.6 is 0 Å². The van der Waals surface area contributed by atoms with Crippen LogP contribution in [0, 0.1) is 0 Å². The van der Waals surface area contributed by atoms with E-state index in [1.54, 1.807) is 6.92 Å². The number of anilines is 1. The highest BCUT2D eigenvalue weighted by Gasteiger charge is 2.45. The standard InChI is InChI=1S/C15H22N4O4S/c1-11-13(14(20)17-15(21)16-11)24(22,23)19-9-7-18(8-10-19)12-5-3-2-4-6-12/h2-6,11,13,15-16,21H,7-10H2,1H3,(H,17,20). The normalized spacial score (nSPS) is 29.3. The van der Waals surface area contributed by atoms with Crippen molar-refractivity contribution in [3.8, 4) is 0 Å². The van der Waals surface area contributed by atoms with Gasteiger partial charge in [-0.2, -0.15) is 4.31 Å². The van der Waals surface area contributed by atoms with Gasteiger partial charge in [0.2, 0.25) is 15.9 Å². The lowest BCUT2D eigenvalue weighted by Gasteiger charge is -2.39. The predicted molar refractivity (Wildman–Crippen MR) is 89.7 cm³/mol. The quantitative estimate of drug-likeness (QED) is 0.636. The third kappa shape index (κ3) is 3.25. The van der Waals surface area contributed by atoms with Crippen molar-refractivity contribution in [1.82, 2.24) is 14.9 Å². The first-order chi connectivity index (χ1) is 11.4. The Bertz CT molecular complexity index is 689. The molecule has 2 aliphatic heterocycles. The van der Waals surface area contributed by atoms with Crippen molar-refractivity contribution in [3.05, 3.63) is 30.3 Å². The summed E-state index contributed by atoms with van der Waals surface area (Å²) < 4.78 is 27.0. The van der Waals surface area contributed by atoms with Gasteiger partial charge in [0.15, 0.2) is 11.6 Å². The van der Waals surface area contributed by atoms with E-state index in [9.17, 15) is 18.3 Å². The molecule has 3 N–H and O–H groups in total. The minimum absolute atomic E-state index is 0.330. The Kier molecular flexibility index (Phi) is 4.77. The molecule has 0 aromatic heterocycles. The third-order valence-electron chi connectivity index (χ3n) is 4.45. The molecule has 0 radical (unpaired) electrons. The average molecular weight is 354 g/mol. The predicted octanol–water partition coefficient (Wildman–Crippen LogP) is -1.11. The summed E-state index contributed by atoms with van der Waals surface area (Å²) in [4.78, 5) is 14.2. The molecule has 1 aromatic carbocycles. The van der Waals surface area contributed by atoms with Gasteiger partial charge in [-0.15, -0.1) is 0 Å². The second-order valence-corrected chi connectivity index (χ2v) is 8.11. The van der Waals surface area contributed by atoms with Crippen molar-refractivity contribution in [2.45, 2.75) is 24.6 Å². The van der Waals surface area contributed by atoms with Gasteiger partial charge in [0, 0.05) is 37.9 Å². The minimum Gasteiger partial charge on any atom is -0.369 e. The number of amides is 1. The first-order valence-electron chi connectivity index (χ1n) is 7.93. The van der Waals surface area contributed by atoms with Crippen molar-refractivity contribution in [2.75, 3.05) is 31.1 Å². The summed E-state index contributed by atoms with van der Waals surface area (Å²) in [6, 6.07) is 9.16. The van der Waals surface area contributed by atoms with Crippen LogP contribution in [-0.4, -0.2) is 67.6 Å². The van der Waals surface area contributed by atoms with Crippen molar-refractivity contribution in [2.24, 2.45) is 0 Å². The van der Waals surface area contributed by atoms with Gasteiger partial charge in [0.25, 0.3) is 0 Å². The van der Waals surface area contributed by atoms with Gasteiger partial charge in [-0.1, -0.05) is 18.2 Å². The fourth-order valence-corrected chi connectivity index (χ4v) is 5.14. The van der Waals surface area contributed by atoms with E-state index in [1.165, 1.54) is 4.31 Å². The van der Waals surface area contributed by atoms with Crippen LogP contribution in [0.4, 0.5) is 5.69 Å². The van der Waals surface area contributed by atoms with Crippen molar-refractivity contribution in [3.63, 3.8) is 0 Å². The molecule has 1 aromatic rings. The largest absolute Gasteiger partial charge is 0.369 e. The maximum atomic E-state index is 12.8. The van der Waals surface area contributed by atoms with Crippen LogP contribution in [0.15, 0.2) is 30.3 Å². The highest BCUT2D eigenvalue weighted by molar-refractivity contribution is 7.90. The summed E-state index contributed by atoms with van der Waals surface area (Å²) >= 11 is 0. The van der Waals surface area contributed by atoms with Crippen molar-refractivity contribution in [1.29, 1.82) is 0 Å². The average Bonchev–Trinajstić information content (AvgIpc) is 2.54. The minimum atomic E-state index is -3.79. The van der Waals surface area contributed by atoms with Gasteiger partial charge >= 0.3 is 0 Å². The van der Waals surface area contributed by atoms with Crippen LogP contribution < -0.4 is 15.5 Å². The zero-order valence-electron chi connectivity index (χ0n) is 13.4. The SMILES string of the molecule is CC1NC(O)NC(=O)C1S(=O)(=O)N1CCN(c2ccccc2)CC1. The van der Waals surface area contributed by atoms with Gasteiger partial charge in [0.05, 0.1) is 0 Å². The lowest BCUT2D eigenvalue weighted by molar-refractivity contribution is -0.128. The molecule has 2 fully saturated rings. The number of hydrogen-bond acceptors (Lipinski definition) is 6. The van der Waals surface area contributed by atoms with Crippen LogP contribution in [-0.2, 0) is 14.8 Å². The number of carbonyl (C=O) groups is 1. The maximum absolute atomic E-state index is 12.8. The van der Waals surface area contributed by atoms with Gasteiger partial charge < -0.3 is 15.3 Å². The number of nitrogens with zero attached hydrogens (tertiary/aromatic N) is 2. The number of hydrogen-bond donors (Lipinski definition) is 3. The Morgan fingerprint density at radius 3 is 2.33 bits per heavy atom. The summed E-state index contributed by atoms with van der Waals surface area (Å²) in [5.41, 5.74) is 1.06. The molecule has 132 valence electrons. The van der Waals surface area contributed by atoms with Gasteiger partial charge in [-0.05, 0) is 19.1 Å². The molecule has 2 heterocycles. The summed E-state index contributed by atoms with van der Waals surface area (Å²) in [6.07, 6.45) is -1.21. The second-order valence-electron chi connectivity index (χ2n) is 6.05. The molecule has 3 rings (SSSR count). The summed E-state index contributed by atoms with van der Waals surface area (Å²) in [6.45, 7) is 3.39. The molecule has 24 heavy (non-hydrogen) atoms. The molecular weight excluding hydrogens is 332 g/mol. The topological polar surface area (TPSA) is 102 Å². The zero-order chi connectivity index (χ0) is 17.3. The van der Waals surface area contributed by atoms with Crippen LogP contribution in [0.1, 0.15) is 6.92 Å². The van der Waals surface area contributed by atoms with Crippen LogP contribution in [0.25, 0.3) is 0 Å². The van der Waals surface area contributed by atoms with Gasteiger partial charge in [-0.25, -0.2) is 8.42 Å². The van der Waals surface area contributed by atoms with Crippen LogP contribution in [0.2, 0.25) is 0 Å². The number of aliphatic hydroxyl groups is 1. The van der Waals surface area contributed by atoms with Crippen LogP contribution in [0.3, 0.4) is 0 Å². The summed E-state index contributed by atoms with van der Waals surface area (Å²) in [5.74, 6) is -0.667. The Morgan fingerprint density at radius 2 is 1.75 bits per heavy atom. The lowest BCUT2D eigenvalue weighted by Crippen LogP contribution is -2.67. The molecule has 3 atom stereocenters. The highest BCUT2D eigenvalue weighted by atomic mass is 32.2. The number of rotatable bonds is 3. The molecule has 3 unspecified atom stereocenters. The third-order valence-corrected chi connectivity index (χ3v) is 6.80. The van der Waals surface area contributed by atoms with E-state index in [-0.39, 0.29) is 0 Å². The molecule has 1 amide bonds. The number of aliphatic hydroxyl groups excluding tert-OH is 1. The molecule has 0 spiro atoms. The zero-order valence-corrected chi connectivity index (χ0v) is 14.2. The van der Waals surface area contributed by atoms with E-state index in [4.69, 9.17) is 0 Å². The van der Waals surface area contributed by atoms with E-state index in [0.717, 1.165) is 5.69 Å². The fraction of sp³-hybridized carbons (Fsp3) is 0.533. The molecular formula is C15H22N4O4S. The number of carbonyl (C=O) groups excluding carboxylic acids is 1. The van der Waals surface area contributed by atoms with Gasteiger partial charge in [0.1, 0.15) is 0 Å². The monoisotopic (exact) mass is 354 g/mol. The lowest BCUT2D eigenvalue weighted by atomic mass is 10.2. The molecule has 0 bridgehead atoms. The highest BCUT2D eigenvalue weighted by Crippen LogP contribution is 2.21. The second kappa shape index (κ2) is 6.67. The molecule has 9 heteroatoms. The Morgan fingerprint density at radius 1 is 1.12 bits per heavy atom. The molecule has 8 nitrogen and oxygen atoms in total. The first kappa shape index (κ1) is 17.2. The fourth-order valence-electron chi connectivity index (χ4n) is 3.22. The molecule has 2 saturated heterocycles. The van der Waals surface area contributed by atoms with Crippen molar-refractivity contribution >= 4 is 21.6 Å². The summed E-state index contributed by atoms with van der Waals surface area (Å²) in [7, 11) is -3.79. The number of benzene rings is 1. The van der Waals surface area contributed by atoms with Gasteiger partial charge in [-0.3, -0.25) is 10.1 Å². The molecule has 0 saturated carbocycles. The van der Waals surface area contributed by atoms with E-state index >= 15 is 0 Å². The van der Waals surface area contributed by atoms with Crippen LogP contribution in [0.5, 0.6) is 0 Å². The number of nitrogens with one attached hydrogen (secondary N) is 2. The molecule has 2 aliphatic rings. The smallest absolute Gasteiger partial charge is 0.244 e. The van der Waals surface area contributed by atoms with E-state index in [1.807, 2.05) is 30.3 Å². The van der Waals surface area contributed by atoms with E-state index in [0.29, 0.717) is 26.2 Å². The Hall–Kier alpha value is -1.68. The Balaban J connectivity index is 1.70. The Labute approximate surface area is 141 Å².